The predicted molar refractivity (Wildman–Crippen MR) is 82.3 cm³/mol. The summed E-state index contributed by atoms with van der Waals surface area (Å²) in [5, 5.41) is 0.798. The van der Waals surface area contributed by atoms with E-state index in [9.17, 15) is 0 Å². The van der Waals surface area contributed by atoms with Crippen LogP contribution in [0.25, 0.3) is 0 Å². The molecule has 0 amide bonds. The molecule has 0 spiro atoms. The second kappa shape index (κ2) is 6.25. The van der Waals surface area contributed by atoms with Crippen molar-refractivity contribution in [2.24, 2.45) is 11.7 Å². The highest BCUT2D eigenvalue weighted by atomic mass is 35.5. The van der Waals surface area contributed by atoms with Gasteiger partial charge in [0, 0.05) is 23.7 Å². The summed E-state index contributed by atoms with van der Waals surface area (Å²) >= 11 is 5.93. The molecule has 0 heterocycles. The van der Waals surface area contributed by atoms with Crippen LogP contribution in [0.4, 0.5) is 0 Å². The molecule has 1 aliphatic rings. The number of likely N-dealkylation sites (N-methyl/N-ethyl adjacent to an activating group) is 1. The Labute approximate surface area is 121 Å². The molecule has 0 radical (unpaired) electrons. The SMILES string of the molecule is CCC1CCC(CN)(N(C)Cc2ccc(Cl)cc2)C1. The molecule has 1 fully saturated rings. The largest absolute Gasteiger partial charge is 0.329 e. The maximum absolute atomic E-state index is 6.10. The molecule has 0 aliphatic heterocycles. The van der Waals surface area contributed by atoms with Crippen LogP contribution in [-0.2, 0) is 6.54 Å². The average molecular weight is 281 g/mol. The van der Waals surface area contributed by atoms with E-state index in [1.807, 2.05) is 12.1 Å². The van der Waals surface area contributed by atoms with Crippen LogP contribution in [0.5, 0.6) is 0 Å². The molecule has 1 aromatic carbocycles. The molecule has 19 heavy (non-hydrogen) atoms. The smallest absolute Gasteiger partial charge is 0.0406 e. The first-order valence-electron chi connectivity index (χ1n) is 7.25. The maximum atomic E-state index is 6.10. The molecule has 1 saturated carbocycles. The summed E-state index contributed by atoms with van der Waals surface area (Å²) < 4.78 is 0. The van der Waals surface area contributed by atoms with Gasteiger partial charge < -0.3 is 5.73 Å². The highest BCUT2D eigenvalue weighted by molar-refractivity contribution is 6.30. The van der Waals surface area contributed by atoms with Crippen LogP contribution in [-0.4, -0.2) is 24.0 Å². The summed E-state index contributed by atoms with van der Waals surface area (Å²) in [6.07, 6.45) is 5.06. The van der Waals surface area contributed by atoms with Crippen LogP contribution >= 0.6 is 11.6 Å². The summed E-state index contributed by atoms with van der Waals surface area (Å²) in [6.45, 7) is 3.99. The zero-order valence-electron chi connectivity index (χ0n) is 12.0. The lowest BCUT2D eigenvalue weighted by atomic mass is 9.93. The number of nitrogens with zero attached hydrogens (tertiary/aromatic N) is 1. The van der Waals surface area contributed by atoms with Crippen molar-refractivity contribution in [2.45, 2.75) is 44.7 Å². The fourth-order valence-electron chi connectivity index (χ4n) is 3.28. The van der Waals surface area contributed by atoms with Crippen LogP contribution in [0.3, 0.4) is 0 Å². The molecule has 3 heteroatoms. The van der Waals surface area contributed by atoms with Crippen LogP contribution in [0.15, 0.2) is 24.3 Å². The zero-order chi connectivity index (χ0) is 13.9. The number of hydrogen-bond acceptors (Lipinski definition) is 2. The summed E-state index contributed by atoms with van der Waals surface area (Å²) in [7, 11) is 2.21. The van der Waals surface area contributed by atoms with Crippen molar-refractivity contribution in [3.63, 3.8) is 0 Å². The minimum absolute atomic E-state index is 0.195. The number of hydrogen-bond donors (Lipinski definition) is 1. The Balaban J connectivity index is 2.05. The first-order valence-corrected chi connectivity index (χ1v) is 7.63. The Morgan fingerprint density at radius 2 is 2.05 bits per heavy atom. The third-order valence-electron chi connectivity index (χ3n) is 4.79. The van der Waals surface area contributed by atoms with E-state index in [4.69, 9.17) is 17.3 Å². The normalized spacial score (nSPS) is 27.1. The molecule has 0 bridgehead atoms. The predicted octanol–water partition coefficient (Wildman–Crippen LogP) is 3.68. The van der Waals surface area contributed by atoms with Crippen LogP contribution in [0, 0.1) is 5.92 Å². The van der Waals surface area contributed by atoms with E-state index in [1.165, 1.54) is 31.2 Å². The maximum Gasteiger partial charge on any atom is 0.0406 e. The number of rotatable bonds is 5. The molecule has 1 aromatic rings. The molecule has 2 unspecified atom stereocenters. The molecule has 2 N–H and O–H groups in total. The summed E-state index contributed by atoms with van der Waals surface area (Å²) in [5.41, 5.74) is 7.60. The van der Waals surface area contributed by atoms with Gasteiger partial charge in [-0.05, 0) is 49.9 Å². The molecule has 2 nitrogen and oxygen atoms in total. The van der Waals surface area contributed by atoms with Crippen molar-refractivity contribution in [1.29, 1.82) is 0 Å². The summed E-state index contributed by atoms with van der Waals surface area (Å²) in [4.78, 5) is 2.45. The van der Waals surface area contributed by atoms with Gasteiger partial charge in [0.1, 0.15) is 0 Å². The summed E-state index contributed by atoms with van der Waals surface area (Å²) in [5.74, 6) is 0.844. The van der Waals surface area contributed by atoms with Crippen molar-refractivity contribution in [1.82, 2.24) is 4.90 Å². The second-order valence-electron chi connectivity index (χ2n) is 5.93. The molecule has 2 atom stereocenters. The second-order valence-corrected chi connectivity index (χ2v) is 6.36. The lowest BCUT2D eigenvalue weighted by Crippen LogP contribution is -2.49. The summed E-state index contributed by atoms with van der Waals surface area (Å²) in [6, 6.07) is 8.14. The van der Waals surface area contributed by atoms with Gasteiger partial charge in [-0.25, -0.2) is 0 Å². The lowest BCUT2D eigenvalue weighted by Gasteiger charge is -2.38. The third kappa shape index (κ3) is 3.31. The molecule has 0 saturated heterocycles. The zero-order valence-corrected chi connectivity index (χ0v) is 12.8. The van der Waals surface area contributed by atoms with E-state index in [1.54, 1.807) is 0 Å². The van der Waals surface area contributed by atoms with Gasteiger partial charge in [-0.15, -0.1) is 0 Å². The Morgan fingerprint density at radius 1 is 1.37 bits per heavy atom. The average Bonchev–Trinajstić information content (AvgIpc) is 2.86. The van der Waals surface area contributed by atoms with Crippen molar-refractivity contribution in [2.75, 3.05) is 13.6 Å². The van der Waals surface area contributed by atoms with Crippen LogP contribution in [0.2, 0.25) is 5.02 Å². The van der Waals surface area contributed by atoms with Gasteiger partial charge in [-0.2, -0.15) is 0 Å². The number of halogens is 1. The molecular formula is C16H25ClN2. The van der Waals surface area contributed by atoms with Gasteiger partial charge in [0.2, 0.25) is 0 Å². The first-order chi connectivity index (χ1) is 9.09. The molecule has 1 aliphatic carbocycles. The van der Waals surface area contributed by atoms with E-state index in [0.29, 0.717) is 0 Å². The molecular weight excluding hydrogens is 256 g/mol. The van der Waals surface area contributed by atoms with Crippen LogP contribution < -0.4 is 5.73 Å². The topological polar surface area (TPSA) is 29.3 Å². The van der Waals surface area contributed by atoms with Gasteiger partial charge in [-0.3, -0.25) is 4.90 Å². The molecule has 2 rings (SSSR count). The lowest BCUT2D eigenvalue weighted by molar-refractivity contribution is 0.119. The van der Waals surface area contributed by atoms with Crippen molar-refractivity contribution < 1.29 is 0 Å². The minimum atomic E-state index is 0.195. The van der Waals surface area contributed by atoms with E-state index < -0.39 is 0 Å². The Bertz CT molecular complexity index is 404. The van der Waals surface area contributed by atoms with E-state index in [0.717, 1.165) is 24.0 Å². The first kappa shape index (κ1) is 14.8. The van der Waals surface area contributed by atoms with E-state index in [-0.39, 0.29) is 5.54 Å². The fraction of sp³-hybridized carbons (Fsp3) is 0.625. The standard InChI is InChI=1S/C16H25ClN2/c1-3-13-8-9-16(10-13,12-18)19(2)11-14-4-6-15(17)7-5-14/h4-7,13H,3,8-12,18H2,1-2H3. The fourth-order valence-corrected chi connectivity index (χ4v) is 3.41. The van der Waals surface area contributed by atoms with Crippen LogP contribution in [0.1, 0.15) is 38.2 Å². The number of benzene rings is 1. The third-order valence-corrected chi connectivity index (χ3v) is 5.04. The van der Waals surface area contributed by atoms with Gasteiger partial charge in [0.05, 0.1) is 0 Å². The Morgan fingerprint density at radius 3 is 2.58 bits per heavy atom. The van der Waals surface area contributed by atoms with Crippen molar-refractivity contribution >= 4 is 11.6 Å². The van der Waals surface area contributed by atoms with Gasteiger partial charge >= 0.3 is 0 Å². The van der Waals surface area contributed by atoms with Gasteiger partial charge in [0.25, 0.3) is 0 Å². The van der Waals surface area contributed by atoms with Crippen molar-refractivity contribution in [3.8, 4) is 0 Å². The minimum Gasteiger partial charge on any atom is -0.329 e. The van der Waals surface area contributed by atoms with Gasteiger partial charge in [0.15, 0.2) is 0 Å². The Hall–Kier alpha value is -0.570. The highest BCUT2D eigenvalue weighted by Crippen LogP contribution is 2.39. The Kier molecular flexibility index (Phi) is 4.88. The molecule has 106 valence electrons. The monoisotopic (exact) mass is 280 g/mol. The quantitative estimate of drug-likeness (QED) is 0.891. The van der Waals surface area contributed by atoms with Gasteiger partial charge in [-0.1, -0.05) is 37.1 Å². The molecule has 0 aromatic heterocycles. The van der Waals surface area contributed by atoms with E-state index >= 15 is 0 Å². The number of nitrogens with two attached hydrogens (primary N) is 1. The van der Waals surface area contributed by atoms with Crippen molar-refractivity contribution in [3.05, 3.63) is 34.9 Å². The van der Waals surface area contributed by atoms with E-state index in [2.05, 4.69) is 31.0 Å². The highest BCUT2D eigenvalue weighted by Gasteiger charge is 2.40.